The quantitative estimate of drug-likeness (QED) is 0.711. The second-order valence-corrected chi connectivity index (χ2v) is 7.22. The smallest absolute Gasteiger partial charge is 0.326 e. The molecule has 1 heterocycles. The van der Waals surface area contributed by atoms with E-state index in [2.05, 4.69) is 10.6 Å². The van der Waals surface area contributed by atoms with E-state index >= 15 is 0 Å². The van der Waals surface area contributed by atoms with Gasteiger partial charge in [-0.2, -0.15) is 0 Å². The number of anilines is 1. The molecule has 2 atom stereocenters. The van der Waals surface area contributed by atoms with E-state index in [0.29, 0.717) is 23.4 Å². The summed E-state index contributed by atoms with van der Waals surface area (Å²) >= 11 is 0. The molecule has 1 aliphatic rings. The van der Waals surface area contributed by atoms with E-state index in [-0.39, 0.29) is 0 Å². The molecule has 0 spiro atoms. The lowest BCUT2D eigenvalue weighted by atomic mass is 9.86. The van der Waals surface area contributed by atoms with Crippen LogP contribution in [0.3, 0.4) is 0 Å². The first-order chi connectivity index (χ1) is 14.2. The third-order valence-electron chi connectivity index (χ3n) is 5.42. The summed E-state index contributed by atoms with van der Waals surface area (Å²) in [5.41, 5.74) is 0.548. The van der Waals surface area contributed by atoms with Gasteiger partial charge in [0.15, 0.2) is 0 Å². The van der Waals surface area contributed by atoms with Crippen LogP contribution >= 0.6 is 0 Å². The van der Waals surface area contributed by atoms with Crippen LogP contribution < -0.4 is 15.4 Å². The molecule has 2 unspecified atom stereocenters. The molecular weight excluding hydrogens is 389 g/mol. The Morgan fingerprint density at radius 1 is 1.23 bits per heavy atom. The number of nitrogens with one attached hydrogen (secondary N) is 2. The minimum absolute atomic E-state index is 0.312. The zero-order valence-electron chi connectivity index (χ0n) is 17.3. The van der Waals surface area contributed by atoms with Gasteiger partial charge in [0, 0.05) is 5.69 Å². The Morgan fingerprint density at radius 2 is 1.90 bits per heavy atom. The fourth-order valence-electron chi connectivity index (χ4n) is 3.63. The van der Waals surface area contributed by atoms with Crippen molar-refractivity contribution in [2.75, 3.05) is 12.4 Å². The first-order valence-corrected chi connectivity index (χ1v) is 9.61. The molecule has 8 heteroatoms. The summed E-state index contributed by atoms with van der Waals surface area (Å²) in [5, 5.41) is 5.37. The van der Waals surface area contributed by atoms with Gasteiger partial charge in [-0.1, -0.05) is 13.0 Å². The Balaban J connectivity index is 1.87. The Morgan fingerprint density at radius 3 is 2.47 bits per heavy atom. The Labute approximate surface area is 174 Å². The number of urea groups is 1. The fourth-order valence-corrected chi connectivity index (χ4v) is 3.63. The maximum Gasteiger partial charge on any atom is 0.326 e. The number of rotatable bonds is 6. The summed E-state index contributed by atoms with van der Waals surface area (Å²) in [4.78, 5) is 39.7. The molecule has 158 valence electrons. The third kappa shape index (κ3) is 3.60. The Kier molecular flexibility index (Phi) is 5.78. The number of halogens is 1. The largest absolute Gasteiger partial charge is 0.496 e. The van der Waals surface area contributed by atoms with Crippen LogP contribution in [-0.4, -0.2) is 35.9 Å². The molecule has 0 aliphatic carbocycles. The highest BCUT2D eigenvalue weighted by Crippen LogP contribution is 2.35. The number of nitrogens with zero attached hydrogens (tertiary/aromatic N) is 1. The van der Waals surface area contributed by atoms with Crippen molar-refractivity contribution < 1.29 is 23.5 Å². The number of aryl methyl sites for hydroxylation is 1. The lowest BCUT2D eigenvalue weighted by Crippen LogP contribution is -2.48. The predicted molar refractivity (Wildman–Crippen MR) is 110 cm³/mol. The van der Waals surface area contributed by atoms with Crippen LogP contribution in [0.2, 0.25) is 0 Å². The van der Waals surface area contributed by atoms with E-state index in [1.165, 1.54) is 31.2 Å². The van der Waals surface area contributed by atoms with Gasteiger partial charge in [0.25, 0.3) is 5.91 Å². The van der Waals surface area contributed by atoms with Gasteiger partial charge in [-0.15, -0.1) is 0 Å². The average Bonchev–Trinajstić information content (AvgIpc) is 2.99. The third-order valence-corrected chi connectivity index (χ3v) is 5.42. The molecule has 2 aromatic rings. The summed E-state index contributed by atoms with van der Waals surface area (Å²) in [5.74, 6) is -0.812. The minimum atomic E-state index is -1.27. The van der Waals surface area contributed by atoms with Crippen LogP contribution in [0, 0.1) is 12.7 Å². The fraction of sp³-hybridized carbons (Fsp3) is 0.318. The first kappa shape index (κ1) is 21.3. The van der Waals surface area contributed by atoms with Crippen LogP contribution in [0.15, 0.2) is 42.5 Å². The molecule has 7 nitrogen and oxygen atoms in total. The van der Waals surface area contributed by atoms with Gasteiger partial charge in [-0.05, 0) is 67.8 Å². The first-order valence-electron chi connectivity index (χ1n) is 9.61. The van der Waals surface area contributed by atoms with Gasteiger partial charge in [0.1, 0.15) is 23.1 Å². The van der Waals surface area contributed by atoms with E-state index in [1.54, 1.807) is 32.2 Å². The summed E-state index contributed by atoms with van der Waals surface area (Å²) in [6.45, 7) is 5.12. The van der Waals surface area contributed by atoms with Gasteiger partial charge in [0.2, 0.25) is 5.91 Å². The van der Waals surface area contributed by atoms with Crippen molar-refractivity contribution in [3.63, 3.8) is 0 Å². The number of hydrogen-bond acceptors (Lipinski definition) is 4. The van der Waals surface area contributed by atoms with Crippen LogP contribution in [0.4, 0.5) is 14.9 Å². The summed E-state index contributed by atoms with van der Waals surface area (Å²) in [6, 6.07) is 8.81. The molecule has 4 amide bonds. The maximum absolute atomic E-state index is 13.4. The van der Waals surface area contributed by atoms with Crippen molar-refractivity contribution in [3.05, 3.63) is 59.4 Å². The molecule has 2 N–H and O–H groups in total. The van der Waals surface area contributed by atoms with Crippen LogP contribution in [0.5, 0.6) is 5.75 Å². The number of methoxy groups -OCH3 is 1. The maximum atomic E-state index is 13.4. The summed E-state index contributed by atoms with van der Waals surface area (Å²) in [6.07, 6.45) is 0.312. The van der Waals surface area contributed by atoms with Crippen LogP contribution in [-0.2, 0) is 15.1 Å². The van der Waals surface area contributed by atoms with E-state index in [9.17, 15) is 18.8 Å². The molecule has 1 fully saturated rings. The van der Waals surface area contributed by atoms with Gasteiger partial charge < -0.3 is 15.4 Å². The number of hydrogen-bond donors (Lipinski definition) is 2. The highest BCUT2D eigenvalue weighted by atomic mass is 19.1. The molecule has 30 heavy (non-hydrogen) atoms. The summed E-state index contributed by atoms with van der Waals surface area (Å²) < 4.78 is 18.3. The molecular formula is C22H24FN3O4. The number of ether oxygens (including phenoxy) is 1. The van der Waals surface area contributed by atoms with Gasteiger partial charge in [-0.3, -0.25) is 9.59 Å². The molecule has 0 aromatic heterocycles. The molecule has 0 bridgehead atoms. The lowest BCUT2D eigenvalue weighted by Gasteiger charge is -2.27. The molecule has 2 aromatic carbocycles. The zero-order valence-corrected chi connectivity index (χ0v) is 17.3. The van der Waals surface area contributed by atoms with Crippen LogP contribution in [0.1, 0.15) is 31.4 Å². The number of benzene rings is 2. The van der Waals surface area contributed by atoms with Gasteiger partial charge in [0.05, 0.1) is 7.11 Å². The molecule has 0 radical (unpaired) electrons. The molecule has 0 saturated carbocycles. The van der Waals surface area contributed by atoms with Gasteiger partial charge >= 0.3 is 6.03 Å². The number of carbonyl (C=O) groups excluding carboxylic acids is 3. The number of carbonyl (C=O) groups is 3. The molecule has 1 aliphatic heterocycles. The minimum Gasteiger partial charge on any atom is -0.496 e. The van der Waals surface area contributed by atoms with Crippen molar-refractivity contribution in [1.82, 2.24) is 10.2 Å². The number of amides is 4. The molecule has 1 saturated heterocycles. The van der Waals surface area contributed by atoms with Crippen molar-refractivity contribution >= 4 is 23.5 Å². The second-order valence-electron chi connectivity index (χ2n) is 7.22. The Hall–Kier alpha value is -3.42. The second kappa shape index (κ2) is 8.14. The predicted octanol–water partition coefficient (Wildman–Crippen LogP) is 3.33. The van der Waals surface area contributed by atoms with Crippen LogP contribution in [0.25, 0.3) is 0 Å². The average molecular weight is 413 g/mol. The van der Waals surface area contributed by atoms with E-state index in [4.69, 9.17) is 4.74 Å². The SMILES string of the molecule is CCC1(c2ccc(OC)c(C)c2)NC(=O)N(C(C)C(=O)Nc2ccc(F)cc2)C1=O. The highest BCUT2D eigenvalue weighted by molar-refractivity contribution is 6.11. The highest BCUT2D eigenvalue weighted by Gasteiger charge is 2.53. The van der Waals surface area contributed by atoms with E-state index < -0.39 is 35.2 Å². The standard InChI is InChI=1S/C22H24FN3O4/c1-5-22(15-6-11-18(30-4)13(2)12-15)20(28)26(21(29)25-22)14(3)19(27)24-17-9-7-16(23)8-10-17/h6-12,14H,5H2,1-4H3,(H,24,27)(H,25,29). The normalized spacial score (nSPS) is 19.4. The van der Waals surface area contributed by atoms with Crippen molar-refractivity contribution in [2.24, 2.45) is 0 Å². The lowest BCUT2D eigenvalue weighted by molar-refractivity contribution is -0.136. The summed E-state index contributed by atoms with van der Waals surface area (Å²) in [7, 11) is 1.56. The van der Waals surface area contributed by atoms with Crippen molar-refractivity contribution in [3.8, 4) is 5.75 Å². The van der Waals surface area contributed by atoms with Crippen molar-refractivity contribution in [1.29, 1.82) is 0 Å². The monoisotopic (exact) mass is 413 g/mol. The Bertz CT molecular complexity index is 992. The van der Waals surface area contributed by atoms with Crippen molar-refractivity contribution in [2.45, 2.75) is 38.8 Å². The zero-order chi connectivity index (χ0) is 22.1. The topological polar surface area (TPSA) is 87.7 Å². The molecule has 3 rings (SSSR count). The van der Waals surface area contributed by atoms with E-state index in [0.717, 1.165) is 10.5 Å². The van der Waals surface area contributed by atoms with Gasteiger partial charge in [-0.25, -0.2) is 14.1 Å². The van der Waals surface area contributed by atoms with E-state index in [1.807, 2.05) is 6.92 Å². The number of imide groups is 1.